The van der Waals surface area contributed by atoms with E-state index in [-0.39, 0.29) is 11.7 Å². The van der Waals surface area contributed by atoms with Gasteiger partial charge in [0.25, 0.3) is 0 Å². The van der Waals surface area contributed by atoms with Gasteiger partial charge in [-0.15, -0.1) is 10.2 Å². The highest BCUT2D eigenvalue weighted by atomic mass is 35.5. The number of carbonyl (C=O) groups excluding carboxylic acids is 1. The van der Waals surface area contributed by atoms with E-state index in [9.17, 15) is 4.79 Å². The predicted octanol–water partition coefficient (Wildman–Crippen LogP) is 8.73. The Hall–Kier alpha value is -4.15. The highest BCUT2D eigenvalue weighted by molar-refractivity contribution is 7.99. The molecule has 0 spiro atoms. The summed E-state index contributed by atoms with van der Waals surface area (Å²) in [6, 6.07) is 33.4. The molecule has 2 heterocycles. The third-order valence-electron chi connectivity index (χ3n) is 6.99. The molecule has 4 aromatic carbocycles. The van der Waals surface area contributed by atoms with Gasteiger partial charge in [-0.3, -0.25) is 9.36 Å². The monoisotopic (exact) mass is 670 g/mol. The fourth-order valence-electron chi connectivity index (χ4n) is 4.68. The lowest BCUT2D eigenvalue weighted by atomic mass is 10.2. The average Bonchev–Trinajstić information content (AvgIpc) is 3.60. The number of anilines is 1. The van der Waals surface area contributed by atoms with Crippen molar-refractivity contribution in [1.29, 1.82) is 0 Å². The number of para-hydroxylation sites is 1. The standard InChI is InChI=1S/C34H28Cl2N6OS2/c1-22-13-15-25(16-14-22)38-33-41(20-24-9-5-3-6-10-24)23(2)31(45-33)32-39-40-34(42(32)27-11-7-4-8-12-27)44-21-30(43)37-26-17-18-28(35)29(36)19-26/h3-19H,20-21H2,1-2H3,(H,37,43). The Morgan fingerprint density at radius 2 is 1.60 bits per heavy atom. The molecule has 0 aliphatic rings. The van der Waals surface area contributed by atoms with E-state index >= 15 is 0 Å². The molecule has 0 saturated carbocycles. The number of rotatable bonds is 9. The van der Waals surface area contributed by atoms with Gasteiger partial charge in [0, 0.05) is 17.1 Å². The summed E-state index contributed by atoms with van der Waals surface area (Å²) >= 11 is 15.0. The van der Waals surface area contributed by atoms with Crippen LogP contribution in [0, 0.1) is 13.8 Å². The first-order chi connectivity index (χ1) is 21.9. The van der Waals surface area contributed by atoms with Gasteiger partial charge < -0.3 is 9.88 Å². The molecule has 6 rings (SSSR count). The molecule has 0 radical (unpaired) electrons. The summed E-state index contributed by atoms with van der Waals surface area (Å²) in [6.45, 7) is 4.81. The lowest BCUT2D eigenvalue weighted by Gasteiger charge is -2.11. The van der Waals surface area contributed by atoms with Gasteiger partial charge in [-0.05, 0) is 61.9 Å². The first-order valence-electron chi connectivity index (χ1n) is 14.1. The Morgan fingerprint density at radius 1 is 0.889 bits per heavy atom. The fourth-order valence-corrected chi connectivity index (χ4v) is 6.86. The zero-order valence-corrected chi connectivity index (χ0v) is 27.6. The Kier molecular flexibility index (Phi) is 9.51. The number of aromatic nitrogens is 4. The molecule has 11 heteroatoms. The van der Waals surface area contributed by atoms with Crippen LogP contribution >= 0.6 is 46.3 Å². The molecule has 2 aromatic heterocycles. The number of thioether (sulfide) groups is 1. The van der Waals surface area contributed by atoms with Gasteiger partial charge in [0.1, 0.15) is 0 Å². The summed E-state index contributed by atoms with van der Waals surface area (Å²) in [5.74, 6) is 0.606. The van der Waals surface area contributed by atoms with Crippen LogP contribution in [-0.2, 0) is 11.3 Å². The molecule has 0 atom stereocenters. The Labute approximate surface area is 279 Å². The summed E-state index contributed by atoms with van der Waals surface area (Å²) in [5, 5.41) is 13.5. The van der Waals surface area contributed by atoms with Crippen molar-refractivity contribution < 1.29 is 4.79 Å². The predicted molar refractivity (Wildman–Crippen MR) is 185 cm³/mol. The lowest BCUT2D eigenvalue weighted by molar-refractivity contribution is -0.113. The normalized spacial score (nSPS) is 11.6. The van der Waals surface area contributed by atoms with Crippen LogP contribution in [-0.4, -0.2) is 31.0 Å². The Bertz CT molecular complexity index is 2020. The smallest absolute Gasteiger partial charge is 0.234 e. The summed E-state index contributed by atoms with van der Waals surface area (Å²) in [7, 11) is 0. The third-order valence-corrected chi connectivity index (χ3v) is 9.83. The van der Waals surface area contributed by atoms with Crippen molar-refractivity contribution in [3.63, 3.8) is 0 Å². The number of carbonyl (C=O) groups is 1. The van der Waals surface area contributed by atoms with E-state index in [2.05, 4.69) is 58.2 Å². The molecule has 7 nitrogen and oxygen atoms in total. The SMILES string of the molecule is Cc1ccc(N=c2sc(-c3nnc(SCC(=O)Nc4ccc(Cl)c(Cl)c4)n3-c3ccccc3)c(C)n2Cc2ccccc2)cc1. The van der Waals surface area contributed by atoms with Crippen molar-refractivity contribution in [2.75, 3.05) is 11.1 Å². The highest BCUT2D eigenvalue weighted by Gasteiger charge is 2.22. The second kappa shape index (κ2) is 13.9. The van der Waals surface area contributed by atoms with Crippen LogP contribution in [0.15, 0.2) is 113 Å². The highest BCUT2D eigenvalue weighted by Crippen LogP contribution is 2.32. The zero-order chi connectivity index (χ0) is 31.3. The topological polar surface area (TPSA) is 77.1 Å². The van der Waals surface area contributed by atoms with E-state index in [0.717, 1.165) is 26.7 Å². The van der Waals surface area contributed by atoms with Crippen molar-refractivity contribution in [3.05, 3.63) is 135 Å². The second-order valence-electron chi connectivity index (χ2n) is 10.3. The van der Waals surface area contributed by atoms with E-state index in [1.165, 1.54) is 22.9 Å². The lowest BCUT2D eigenvalue weighted by Crippen LogP contribution is -2.16. The maximum Gasteiger partial charge on any atom is 0.234 e. The third kappa shape index (κ3) is 7.23. The fraction of sp³-hybridized carbons (Fsp3) is 0.118. The van der Waals surface area contributed by atoms with Crippen molar-refractivity contribution in [2.45, 2.75) is 25.5 Å². The molecule has 0 saturated heterocycles. The van der Waals surface area contributed by atoms with Crippen LogP contribution in [0.4, 0.5) is 11.4 Å². The molecular formula is C34H28Cl2N6OS2. The van der Waals surface area contributed by atoms with Crippen LogP contribution in [0.2, 0.25) is 10.0 Å². The van der Waals surface area contributed by atoms with E-state index in [0.29, 0.717) is 33.3 Å². The molecule has 0 aliphatic carbocycles. The number of amides is 1. The van der Waals surface area contributed by atoms with Crippen molar-refractivity contribution in [3.8, 4) is 16.4 Å². The minimum atomic E-state index is -0.199. The summed E-state index contributed by atoms with van der Waals surface area (Å²) < 4.78 is 4.22. The molecule has 0 unspecified atom stereocenters. The van der Waals surface area contributed by atoms with Gasteiger partial charge in [0.2, 0.25) is 5.91 Å². The second-order valence-corrected chi connectivity index (χ2v) is 13.0. The molecule has 1 amide bonds. The first kappa shape index (κ1) is 30.9. The molecule has 226 valence electrons. The van der Waals surface area contributed by atoms with Gasteiger partial charge in [-0.25, -0.2) is 4.99 Å². The van der Waals surface area contributed by atoms with Crippen molar-refractivity contribution in [2.24, 2.45) is 4.99 Å². The Morgan fingerprint density at radius 3 is 2.31 bits per heavy atom. The van der Waals surface area contributed by atoms with E-state index in [1.54, 1.807) is 29.5 Å². The van der Waals surface area contributed by atoms with Gasteiger partial charge in [-0.1, -0.05) is 113 Å². The zero-order valence-electron chi connectivity index (χ0n) is 24.4. The molecule has 0 bridgehead atoms. The van der Waals surface area contributed by atoms with Gasteiger partial charge in [-0.2, -0.15) is 0 Å². The van der Waals surface area contributed by atoms with E-state index < -0.39 is 0 Å². The molecule has 1 N–H and O–H groups in total. The van der Waals surface area contributed by atoms with E-state index in [4.69, 9.17) is 28.2 Å². The Balaban J connectivity index is 1.39. The number of aryl methyl sites for hydroxylation is 1. The van der Waals surface area contributed by atoms with Gasteiger partial charge in [0.15, 0.2) is 15.8 Å². The molecular weight excluding hydrogens is 643 g/mol. The average molecular weight is 672 g/mol. The summed E-state index contributed by atoms with van der Waals surface area (Å²) in [6.07, 6.45) is 0. The summed E-state index contributed by atoms with van der Waals surface area (Å²) in [5.41, 5.74) is 5.72. The number of hydrogen-bond donors (Lipinski definition) is 1. The van der Waals surface area contributed by atoms with Gasteiger partial charge >= 0.3 is 0 Å². The van der Waals surface area contributed by atoms with Crippen LogP contribution < -0.4 is 10.1 Å². The van der Waals surface area contributed by atoms with Crippen LogP contribution in [0.25, 0.3) is 16.4 Å². The van der Waals surface area contributed by atoms with Crippen molar-refractivity contribution in [1.82, 2.24) is 19.3 Å². The first-order valence-corrected chi connectivity index (χ1v) is 16.7. The molecule has 0 aliphatic heterocycles. The number of nitrogens with zero attached hydrogens (tertiary/aromatic N) is 5. The maximum atomic E-state index is 12.9. The van der Waals surface area contributed by atoms with E-state index in [1.807, 2.05) is 65.2 Å². The molecule has 45 heavy (non-hydrogen) atoms. The largest absolute Gasteiger partial charge is 0.325 e. The number of benzene rings is 4. The van der Waals surface area contributed by atoms with Crippen molar-refractivity contribution >= 4 is 63.6 Å². The van der Waals surface area contributed by atoms with Gasteiger partial charge in [0.05, 0.1) is 32.9 Å². The maximum absolute atomic E-state index is 12.9. The van der Waals surface area contributed by atoms with Crippen LogP contribution in [0.5, 0.6) is 0 Å². The number of hydrogen-bond acceptors (Lipinski definition) is 6. The molecule has 0 fully saturated rings. The molecule has 6 aromatic rings. The number of nitrogens with one attached hydrogen (secondary N) is 1. The van der Waals surface area contributed by atoms with Crippen LogP contribution in [0.1, 0.15) is 16.8 Å². The minimum Gasteiger partial charge on any atom is -0.325 e. The summed E-state index contributed by atoms with van der Waals surface area (Å²) in [4.78, 5) is 19.8. The minimum absolute atomic E-state index is 0.122. The number of thiazole rings is 1. The van der Waals surface area contributed by atoms with Crippen LogP contribution in [0.3, 0.4) is 0 Å². The quantitative estimate of drug-likeness (QED) is 0.156. The number of halogens is 2.